The number of aliphatic carboxylic acids is 1. The highest BCUT2D eigenvalue weighted by Crippen LogP contribution is 2.42. The Morgan fingerprint density at radius 2 is 1.65 bits per heavy atom. The Morgan fingerprint density at radius 3 is 2.38 bits per heavy atom. The number of aliphatic hydroxyl groups excluding tert-OH is 1. The fraction of sp³-hybridized carbons (Fsp3) is 0.359. The maximum Gasteiger partial charge on any atom is 0.303 e. The summed E-state index contributed by atoms with van der Waals surface area (Å²) in [6.45, 7) is 4.09. The van der Waals surface area contributed by atoms with Gasteiger partial charge >= 0.3 is 5.97 Å². The van der Waals surface area contributed by atoms with Crippen LogP contribution in [-0.2, 0) is 38.6 Å². The number of ether oxygens (including phenoxy) is 2. The number of carboxylic acid groups (broad SMARTS) is 1. The van der Waals surface area contributed by atoms with Gasteiger partial charge in [0.25, 0.3) is 0 Å². The second kappa shape index (κ2) is 17.1. The van der Waals surface area contributed by atoms with Gasteiger partial charge in [-0.05, 0) is 65.6 Å². The van der Waals surface area contributed by atoms with Crippen LogP contribution in [0.15, 0.2) is 97.2 Å². The number of hydrogen-bond donors (Lipinski definition) is 3. The van der Waals surface area contributed by atoms with Gasteiger partial charge in [0.05, 0.1) is 18.8 Å². The molecule has 0 aliphatic carbocycles. The van der Waals surface area contributed by atoms with Crippen molar-refractivity contribution in [3.05, 3.63) is 125 Å². The summed E-state index contributed by atoms with van der Waals surface area (Å²) in [6, 6.07) is 30.1. The van der Waals surface area contributed by atoms with Crippen LogP contribution < -0.4 is 5.32 Å². The molecule has 1 fully saturated rings. The monoisotopic (exact) mass is 651 g/mol. The van der Waals surface area contributed by atoms with Crippen molar-refractivity contribution in [1.82, 2.24) is 15.2 Å². The number of carbonyl (C=O) groups is 2. The van der Waals surface area contributed by atoms with Crippen LogP contribution in [0.5, 0.6) is 0 Å². The zero-order valence-electron chi connectivity index (χ0n) is 27.6. The van der Waals surface area contributed by atoms with E-state index in [-0.39, 0.29) is 43.5 Å². The van der Waals surface area contributed by atoms with E-state index in [1.807, 2.05) is 91.1 Å². The summed E-state index contributed by atoms with van der Waals surface area (Å²) in [7, 11) is 2.11. The summed E-state index contributed by atoms with van der Waals surface area (Å²) in [5.74, 6) is -0.998. The summed E-state index contributed by atoms with van der Waals surface area (Å²) in [5, 5.41) is 21.3. The molecule has 48 heavy (non-hydrogen) atoms. The van der Waals surface area contributed by atoms with Crippen LogP contribution in [0.2, 0.25) is 0 Å². The van der Waals surface area contributed by atoms with Crippen molar-refractivity contribution in [3.63, 3.8) is 0 Å². The minimum absolute atomic E-state index is 0.00998. The van der Waals surface area contributed by atoms with Crippen LogP contribution >= 0.6 is 0 Å². The molecule has 3 aromatic carbocycles. The number of benzene rings is 3. The Labute approximate surface area is 282 Å². The number of aromatic nitrogens is 1. The number of pyridine rings is 1. The van der Waals surface area contributed by atoms with Crippen molar-refractivity contribution >= 4 is 11.9 Å². The van der Waals surface area contributed by atoms with E-state index in [0.717, 1.165) is 58.6 Å². The van der Waals surface area contributed by atoms with Gasteiger partial charge < -0.3 is 29.9 Å². The van der Waals surface area contributed by atoms with E-state index in [2.05, 4.69) is 35.2 Å². The predicted octanol–water partition coefficient (Wildman–Crippen LogP) is 6.08. The van der Waals surface area contributed by atoms with Crippen LogP contribution in [0, 0.1) is 5.92 Å². The number of aliphatic hydroxyl groups is 1. The Bertz CT molecular complexity index is 1630. The largest absolute Gasteiger partial charge is 0.481 e. The fourth-order valence-electron chi connectivity index (χ4n) is 5.99. The van der Waals surface area contributed by atoms with Crippen molar-refractivity contribution in [1.29, 1.82) is 0 Å². The van der Waals surface area contributed by atoms with E-state index in [4.69, 9.17) is 14.6 Å². The quantitative estimate of drug-likeness (QED) is 0.142. The van der Waals surface area contributed by atoms with Gasteiger partial charge in [-0.15, -0.1) is 0 Å². The normalized spacial score (nSPS) is 19.2. The standard InChI is InChI=1S/C39H45N3O6/c1-27-35(25-42(2)21-19-34-12-3-4-20-40-34)47-39(48-38(27)30-17-15-28(26-43)16-18-30)33-11-6-10-32(23-33)31-9-5-8-29(22-31)24-41-36(44)13-7-14-37(45)46/h3-6,8-12,15-18,20,22-23,27,35,38-39,43H,7,13-14,19,21,24-26H2,1-2H3,(H,41,44)(H,45,46)/t27-,35+,38+,39+/m0/s1. The number of amides is 1. The molecule has 3 N–H and O–H groups in total. The molecule has 4 aromatic rings. The van der Waals surface area contributed by atoms with Gasteiger partial charge in [0, 0.05) is 62.3 Å². The SMILES string of the molecule is C[C@H]1[C@@H](CN(C)CCc2ccccn2)O[C@@H](c2cccc(-c3cccc(CNC(=O)CCCC(=O)O)c3)c2)O[C@H]1c1ccc(CO)cc1. The summed E-state index contributed by atoms with van der Waals surface area (Å²) in [6.07, 6.45) is 2.24. The number of rotatable bonds is 15. The van der Waals surface area contributed by atoms with Gasteiger partial charge in [0.1, 0.15) is 0 Å². The molecule has 1 aliphatic rings. The number of likely N-dealkylation sites (N-methyl/N-ethyl adjacent to an activating group) is 1. The molecule has 1 aliphatic heterocycles. The molecule has 0 bridgehead atoms. The molecule has 252 valence electrons. The van der Waals surface area contributed by atoms with Crippen LogP contribution in [0.4, 0.5) is 0 Å². The van der Waals surface area contributed by atoms with E-state index in [0.29, 0.717) is 13.0 Å². The first kappa shape index (κ1) is 34.9. The molecule has 9 nitrogen and oxygen atoms in total. The van der Waals surface area contributed by atoms with E-state index < -0.39 is 12.3 Å². The van der Waals surface area contributed by atoms with E-state index >= 15 is 0 Å². The molecule has 1 saturated heterocycles. The third kappa shape index (κ3) is 9.81. The number of nitrogens with zero attached hydrogens (tertiary/aromatic N) is 2. The fourth-order valence-corrected chi connectivity index (χ4v) is 5.99. The van der Waals surface area contributed by atoms with E-state index in [1.54, 1.807) is 0 Å². The van der Waals surface area contributed by atoms with Crippen molar-refractivity contribution in [2.75, 3.05) is 20.1 Å². The molecular formula is C39H45N3O6. The predicted molar refractivity (Wildman–Crippen MR) is 184 cm³/mol. The third-order valence-corrected chi connectivity index (χ3v) is 8.79. The zero-order chi connectivity index (χ0) is 33.9. The lowest BCUT2D eigenvalue weighted by atomic mass is 9.90. The Balaban J connectivity index is 1.31. The Morgan fingerprint density at radius 1 is 0.875 bits per heavy atom. The average Bonchev–Trinajstić information content (AvgIpc) is 3.11. The molecule has 0 spiro atoms. The molecule has 0 radical (unpaired) electrons. The van der Waals surface area contributed by atoms with Crippen LogP contribution in [0.25, 0.3) is 11.1 Å². The molecule has 1 aromatic heterocycles. The summed E-state index contributed by atoms with van der Waals surface area (Å²) < 4.78 is 13.4. The number of nitrogens with one attached hydrogen (secondary N) is 1. The second-order valence-electron chi connectivity index (χ2n) is 12.5. The maximum atomic E-state index is 12.2. The smallest absolute Gasteiger partial charge is 0.303 e. The first-order valence-electron chi connectivity index (χ1n) is 16.6. The highest BCUT2D eigenvalue weighted by atomic mass is 16.7. The lowest BCUT2D eigenvalue weighted by Crippen LogP contribution is -2.43. The van der Waals surface area contributed by atoms with Gasteiger partial charge in [-0.1, -0.05) is 73.7 Å². The van der Waals surface area contributed by atoms with Gasteiger partial charge in [-0.2, -0.15) is 0 Å². The van der Waals surface area contributed by atoms with Gasteiger partial charge in [0.2, 0.25) is 5.91 Å². The van der Waals surface area contributed by atoms with Gasteiger partial charge in [-0.3, -0.25) is 14.6 Å². The minimum atomic E-state index is -0.900. The molecule has 1 amide bonds. The summed E-state index contributed by atoms with van der Waals surface area (Å²) >= 11 is 0. The lowest BCUT2D eigenvalue weighted by Gasteiger charge is -2.42. The zero-order valence-corrected chi connectivity index (χ0v) is 27.6. The minimum Gasteiger partial charge on any atom is -0.481 e. The van der Waals surface area contributed by atoms with Gasteiger partial charge in [-0.25, -0.2) is 0 Å². The molecule has 0 saturated carbocycles. The molecular weight excluding hydrogens is 606 g/mol. The average molecular weight is 652 g/mol. The Hall–Kier alpha value is -4.41. The second-order valence-corrected chi connectivity index (χ2v) is 12.5. The Kier molecular flexibility index (Phi) is 12.5. The molecule has 0 unspecified atom stereocenters. The lowest BCUT2D eigenvalue weighted by molar-refractivity contribution is -0.275. The molecule has 4 atom stereocenters. The van der Waals surface area contributed by atoms with Gasteiger partial charge in [0.15, 0.2) is 6.29 Å². The van der Waals surface area contributed by atoms with Crippen molar-refractivity contribution in [2.24, 2.45) is 5.92 Å². The highest BCUT2D eigenvalue weighted by Gasteiger charge is 2.38. The molecule has 5 rings (SSSR count). The highest BCUT2D eigenvalue weighted by molar-refractivity contribution is 5.76. The topological polar surface area (TPSA) is 121 Å². The summed E-state index contributed by atoms with van der Waals surface area (Å²) in [5.41, 5.74) is 6.82. The van der Waals surface area contributed by atoms with Crippen LogP contribution in [-0.4, -0.2) is 58.2 Å². The number of carboxylic acids is 1. The number of hydrogen-bond acceptors (Lipinski definition) is 7. The van der Waals surface area contributed by atoms with Crippen molar-refractivity contribution < 1.29 is 29.3 Å². The maximum absolute atomic E-state index is 12.2. The first-order chi connectivity index (χ1) is 23.3. The van der Waals surface area contributed by atoms with Crippen molar-refractivity contribution in [3.8, 4) is 11.1 Å². The summed E-state index contributed by atoms with van der Waals surface area (Å²) in [4.78, 5) is 29.7. The first-order valence-corrected chi connectivity index (χ1v) is 16.6. The van der Waals surface area contributed by atoms with Crippen LogP contribution in [0.1, 0.15) is 66.5 Å². The van der Waals surface area contributed by atoms with E-state index in [1.165, 1.54) is 0 Å². The molecule has 2 heterocycles. The van der Waals surface area contributed by atoms with E-state index in [9.17, 15) is 14.7 Å². The number of carbonyl (C=O) groups excluding carboxylic acids is 1. The third-order valence-electron chi connectivity index (χ3n) is 8.79. The van der Waals surface area contributed by atoms with Crippen molar-refractivity contribution in [2.45, 2.75) is 64.3 Å². The molecule has 9 heteroatoms. The van der Waals surface area contributed by atoms with Crippen LogP contribution in [0.3, 0.4) is 0 Å².